The van der Waals surface area contributed by atoms with Crippen molar-refractivity contribution in [3.8, 4) is 0 Å². The number of carbonyl (C=O) groups excluding carboxylic acids is 2. The number of rotatable bonds is 9. The van der Waals surface area contributed by atoms with Gasteiger partial charge in [-0.05, 0) is 26.8 Å². The highest BCUT2D eigenvalue weighted by Crippen LogP contribution is 2.04. The first-order chi connectivity index (χ1) is 8.54. The number of esters is 2. The molecule has 0 spiro atoms. The maximum absolute atomic E-state index is 11.5. The molecular formula is C13H25NO4. The molecular weight excluding hydrogens is 234 g/mol. The molecule has 106 valence electrons. The molecule has 0 aliphatic rings. The van der Waals surface area contributed by atoms with Crippen molar-refractivity contribution in [1.29, 1.82) is 0 Å². The van der Waals surface area contributed by atoms with Gasteiger partial charge in [0.1, 0.15) is 0 Å². The summed E-state index contributed by atoms with van der Waals surface area (Å²) in [5, 5.41) is 0. The van der Waals surface area contributed by atoms with E-state index >= 15 is 0 Å². The summed E-state index contributed by atoms with van der Waals surface area (Å²) < 4.78 is 9.86. The van der Waals surface area contributed by atoms with Crippen LogP contribution in [-0.2, 0) is 19.1 Å². The van der Waals surface area contributed by atoms with Crippen molar-refractivity contribution in [2.75, 3.05) is 32.8 Å². The van der Waals surface area contributed by atoms with Crippen LogP contribution in [0.5, 0.6) is 0 Å². The lowest BCUT2D eigenvalue weighted by Gasteiger charge is -2.23. The van der Waals surface area contributed by atoms with Gasteiger partial charge >= 0.3 is 11.9 Å². The predicted molar refractivity (Wildman–Crippen MR) is 69.2 cm³/mol. The molecule has 0 aliphatic heterocycles. The number of ether oxygens (including phenoxy) is 2. The van der Waals surface area contributed by atoms with Gasteiger partial charge in [-0.3, -0.25) is 14.5 Å². The van der Waals surface area contributed by atoms with Gasteiger partial charge in [-0.15, -0.1) is 0 Å². The Bertz CT molecular complexity index is 255. The summed E-state index contributed by atoms with van der Waals surface area (Å²) >= 11 is 0. The van der Waals surface area contributed by atoms with E-state index in [1.165, 1.54) is 0 Å². The Balaban J connectivity index is 4.24. The van der Waals surface area contributed by atoms with E-state index in [0.717, 1.165) is 13.0 Å². The Morgan fingerprint density at radius 1 is 1.11 bits per heavy atom. The molecule has 0 aromatic carbocycles. The minimum Gasteiger partial charge on any atom is -0.466 e. The van der Waals surface area contributed by atoms with Gasteiger partial charge in [-0.1, -0.05) is 13.8 Å². The molecule has 0 aromatic rings. The van der Waals surface area contributed by atoms with Crippen molar-refractivity contribution in [3.63, 3.8) is 0 Å². The molecule has 0 amide bonds. The van der Waals surface area contributed by atoms with Crippen LogP contribution >= 0.6 is 0 Å². The van der Waals surface area contributed by atoms with Gasteiger partial charge in [0.15, 0.2) is 0 Å². The maximum Gasteiger partial charge on any atom is 0.320 e. The highest BCUT2D eigenvalue weighted by molar-refractivity contribution is 5.73. The van der Waals surface area contributed by atoms with E-state index in [-0.39, 0.29) is 24.4 Å². The van der Waals surface area contributed by atoms with Gasteiger partial charge in [-0.25, -0.2) is 0 Å². The minimum atomic E-state index is -0.248. The molecule has 0 bridgehead atoms. The fourth-order valence-corrected chi connectivity index (χ4v) is 1.69. The standard InChI is InChI=1S/C13H25NO4/c1-5-8-14(10-12(15)17-6-2)9-11(4)13(16)18-7-3/h11H,5-10H2,1-4H3. The Morgan fingerprint density at radius 3 is 2.22 bits per heavy atom. The van der Waals surface area contributed by atoms with Gasteiger partial charge in [0, 0.05) is 6.54 Å². The van der Waals surface area contributed by atoms with Crippen molar-refractivity contribution >= 4 is 11.9 Å². The SMILES string of the molecule is CCCN(CC(=O)OCC)CC(C)C(=O)OCC. The highest BCUT2D eigenvalue weighted by atomic mass is 16.5. The number of hydrogen-bond acceptors (Lipinski definition) is 5. The molecule has 5 nitrogen and oxygen atoms in total. The molecule has 0 aliphatic carbocycles. The second-order valence-electron chi connectivity index (χ2n) is 4.19. The maximum atomic E-state index is 11.5. The fourth-order valence-electron chi connectivity index (χ4n) is 1.69. The van der Waals surface area contributed by atoms with Crippen molar-refractivity contribution in [2.24, 2.45) is 5.92 Å². The lowest BCUT2D eigenvalue weighted by molar-refractivity contribution is -0.150. The topological polar surface area (TPSA) is 55.8 Å². The number of hydrogen-bond donors (Lipinski definition) is 0. The van der Waals surface area contributed by atoms with E-state index < -0.39 is 0 Å². The third-order valence-electron chi connectivity index (χ3n) is 2.42. The molecule has 0 rings (SSSR count). The fraction of sp³-hybridized carbons (Fsp3) is 0.846. The Morgan fingerprint density at radius 2 is 1.72 bits per heavy atom. The molecule has 0 radical (unpaired) electrons. The Kier molecular flexibility index (Phi) is 9.28. The number of carbonyl (C=O) groups is 2. The van der Waals surface area contributed by atoms with E-state index in [1.54, 1.807) is 13.8 Å². The summed E-state index contributed by atoms with van der Waals surface area (Å²) in [6, 6.07) is 0. The molecule has 0 fully saturated rings. The van der Waals surface area contributed by atoms with Crippen LogP contribution < -0.4 is 0 Å². The second kappa shape index (κ2) is 9.88. The van der Waals surface area contributed by atoms with Crippen LogP contribution in [0.25, 0.3) is 0 Å². The van der Waals surface area contributed by atoms with Gasteiger partial charge in [0.25, 0.3) is 0 Å². The van der Waals surface area contributed by atoms with Crippen molar-refractivity contribution < 1.29 is 19.1 Å². The largest absolute Gasteiger partial charge is 0.466 e. The second-order valence-corrected chi connectivity index (χ2v) is 4.19. The molecule has 1 unspecified atom stereocenters. The molecule has 18 heavy (non-hydrogen) atoms. The smallest absolute Gasteiger partial charge is 0.320 e. The molecule has 1 atom stereocenters. The zero-order valence-electron chi connectivity index (χ0n) is 11.9. The zero-order valence-corrected chi connectivity index (χ0v) is 11.9. The van der Waals surface area contributed by atoms with Crippen LogP contribution in [0.2, 0.25) is 0 Å². The quantitative estimate of drug-likeness (QED) is 0.587. The van der Waals surface area contributed by atoms with E-state index in [2.05, 4.69) is 0 Å². The average molecular weight is 259 g/mol. The number of nitrogens with zero attached hydrogens (tertiary/aromatic N) is 1. The van der Waals surface area contributed by atoms with Crippen LogP contribution in [0.4, 0.5) is 0 Å². The Labute approximate surface area is 109 Å². The molecule has 5 heteroatoms. The lowest BCUT2D eigenvalue weighted by atomic mass is 10.1. The molecule has 0 N–H and O–H groups in total. The Hall–Kier alpha value is -1.10. The third-order valence-corrected chi connectivity index (χ3v) is 2.42. The van der Waals surface area contributed by atoms with Crippen LogP contribution in [0.3, 0.4) is 0 Å². The first kappa shape index (κ1) is 16.9. The average Bonchev–Trinajstić information content (AvgIpc) is 2.29. The first-order valence-corrected chi connectivity index (χ1v) is 6.59. The van der Waals surface area contributed by atoms with Gasteiger partial charge in [0.2, 0.25) is 0 Å². The first-order valence-electron chi connectivity index (χ1n) is 6.59. The van der Waals surface area contributed by atoms with Crippen LogP contribution in [-0.4, -0.2) is 49.7 Å². The summed E-state index contributed by atoms with van der Waals surface area (Å²) in [6.45, 7) is 9.69. The normalized spacial score (nSPS) is 12.3. The van der Waals surface area contributed by atoms with Crippen LogP contribution in [0, 0.1) is 5.92 Å². The van der Waals surface area contributed by atoms with E-state index in [4.69, 9.17) is 9.47 Å². The van der Waals surface area contributed by atoms with Crippen LogP contribution in [0.1, 0.15) is 34.1 Å². The monoisotopic (exact) mass is 259 g/mol. The van der Waals surface area contributed by atoms with Gasteiger partial charge in [0.05, 0.1) is 25.7 Å². The summed E-state index contributed by atoms with van der Waals surface area (Å²) in [7, 11) is 0. The predicted octanol–water partition coefficient (Wildman–Crippen LogP) is 1.46. The lowest BCUT2D eigenvalue weighted by Crippen LogP contribution is -2.37. The van der Waals surface area contributed by atoms with Crippen molar-refractivity contribution in [1.82, 2.24) is 4.90 Å². The zero-order chi connectivity index (χ0) is 14.0. The van der Waals surface area contributed by atoms with Crippen molar-refractivity contribution in [2.45, 2.75) is 34.1 Å². The molecule has 0 saturated carbocycles. The summed E-state index contributed by atoms with van der Waals surface area (Å²) in [6.07, 6.45) is 0.926. The van der Waals surface area contributed by atoms with E-state index in [0.29, 0.717) is 19.8 Å². The van der Waals surface area contributed by atoms with E-state index in [9.17, 15) is 9.59 Å². The minimum absolute atomic E-state index is 0.220. The van der Waals surface area contributed by atoms with Crippen molar-refractivity contribution in [3.05, 3.63) is 0 Å². The van der Waals surface area contributed by atoms with Gasteiger partial charge < -0.3 is 9.47 Å². The molecule has 0 aromatic heterocycles. The molecule has 0 saturated heterocycles. The highest BCUT2D eigenvalue weighted by Gasteiger charge is 2.19. The third kappa shape index (κ3) is 7.27. The summed E-state index contributed by atoms with van der Waals surface area (Å²) in [5.74, 6) is -0.699. The van der Waals surface area contributed by atoms with Gasteiger partial charge in [-0.2, -0.15) is 0 Å². The molecule has 0 heterocycles. The van der Waals surface area contributed by atoms with Crippen LogP contribution in [0.15, 0.2) is 0 Å². The summed E-state index contributed by atoms with van der Waals surface area (Å²) in [5.41, 5.74) is 0. The van der Waals surface area contributed by atoms with E-state index in [1.807, 2.05) is 18.7 Å². The summed E-state index contributed by atoms with van der Waals surface area (Å²) in [4.78, 5) is 24.9.